The molecule has 0 saturated carbocycles. The minimum Gasteiger partial charge on any atom is -0.385 e. The number of ether oxygens (including phenoxy) is 1. The summed E-state index contributed by atoms with van der Waals surface area (Å²) in [5.74, 6) is -0.367. The minimum atomic E-state index is -3.57. The van der Waals surface area contributed by atoms with Gasteiger partial charge >= 0.3 is 0 Å². The van der Waals surface area contributed by atoms with Gasteiger partial charge in [0.2, 0.25) is 15.9 Å². The van der Waals surface area contributed by atoms with Crippen LogP contribution >= 0.6 is 0 Å². The smallest absolute Gasteiger partial charge is 0.240 e. The first-order valence-electron chi connectivity index (χ1n) is 8.92. The molecule has 6 nitrogen and oxygen atoms in total. The van der Waals surface area contributed by atoms with Gasteiger partial charge in [0, 0.05) is 25.9 Å². The molecule has 2 rings (SSSR count). The van der Waals surface area contributed by atoms with Gasteiger partial charge in [0.1, 0.15) is 0 Å². The highest BCUT2D eigenvalue weighted by atomic mass is 32.2. The maximum atomic E-state index is 12.6. The Labute approximate surface area is 161 Å². The van der Waals surface area contributed by atoms with Gasteiger partial charge in [0.05, 0.1) is 10.8 Å². The van der Waals surface area contributed by atoms with E-state index in [1.807, 2.05) is 37.3 Å². The third-order valence-corrected chi connectivity index (χ3v) is 5.65. The zero-order valence-electron chi connectivity index (χ0n) is 15.6. The molecule has 2 aromatic carbocycles. The van der Waals surface area contributed by atoms with Crippen LogP contribution in [0.15, 0.2) is 59.5 Å². The first kappa shape index (κ1) is 21.1. The summed E-state index contributed by atoms with van der Waals surface area (Å²) in [6.07, 6.45) is 1.27. The lowest BCUT2D eigenvalue weighted by molar-refractivity contribution is -0.117. The standard InChI is InChI=1S/C20H26N2O4S/c1-3-19(16-8-5-4-6-9-16)20(23)22-17-10-12-18(13-11-17)27(24,25)21-14-7-15-26-2/h4-6,8-13,19,21H,3,7,14-15H2,1-2H3,(H,22,23). The molecular formula is C20H26N2O4S. The van der Waals surface area contributed by atoms with Gasteiger partial charge in [-0.15, -0.1) is 0 Å². The van der Waals surface area contributed by atoms with Crippen molar-refractivity contribution in [3.8, 4) is 0 Å². The third-order valence-electron chi connectivity index (χ3n) is 4.18. The first-order chi connectivity index (χ1) is 13.0. The van der Waals surface area contributed by atoms with E-state index in [1.54, 1.807) is 19.2 Å². The second kappa shape index (κ2) is 10.2. The summed E-state index contributed by atoms with van der Waals surface area (Å²) in [6.45, 7) is 2.76. The Kier molecular flexibility index (Phi) is 7.97. The van der Waals surface area contributed by atoms with E-state index in [9.17, 15) is 13.2 Å². The number of methoxy groups -OCH3 is 1. The van der Waals surface area contributed by atoms with Crippen LogP contribution in [0.3, 0.4) is 0 Å². The number of hydrogen-bond donors (Lipinski definition) is 2. The number of rotatable bonds is 10. The van der Waals surface area contributed by atoms with Gasteiger partial charge in [-0.05, 0) is 42.7 Å². The van der Waals surface area contributed by atoms with Crippen molar-refractivity contribution < 1.29 is 17.9 Å². The van der Waals surface area contributed by atoms with Gasteiger partial charge < -0.3 is 10.1 Å². The summed E-state index contributed by atoms with van der Waals surface area (Å²) < 4.78 is 31.9. The van der Waals surface area contributed by atoms with Crippen LogP contribution in [0, 0.1) is 0 Å². The summed E-state index contributed by atoms with van der Waals surface area (Å²) in [4.78, 5) is 12.7. The normalized spacial score (nSPS) is 12.5. The Bertz CT molecular complexity index is 821. The van der Waals surface area contributed by atoms with Crippen molar-refractivity contribution in [2.75, 3.05) is 25.6 Å². The quantitative estimate of drug-likeness (QED) is 0.611. The molecule has 0 spiro atoms. The fraction of sp³-hybridized carbons (Fsp3) is 0.350. The SMILES string of the molecule is CCC(C(=O)Nc1ccc(S(=O)(=O)NCCCOC)cc1)c1ccccc1. The molecule has 0 aliphatic heterocycles. The van der Waals surface area contributed by atoms with Crippen molar-refractivity contribution >= 4 is 21.6 Å². The largest absolute Gasteiger partial charge is 0.385 e. The van der Waals surface area contributed by atoms with E-state index in [2.05, 4.69) is 10.0 Å². The average Bonchev–Trinajstić information content (AvgIpc) is 2.67. The van der Waals surface area contributed by atoms with E-state index < -0.39 is 10.0 Å². The predicted molar refractivity (Wildman–Crippen MR) is 106 cm³/mol. The van der Waals surface area contributed by atoms with E-state index in [1.165, 1.54) is 12.1 Å². The van der Waals surface area contributed by atoms with Gasteiger partial charge in [0.25, 0.3) is 0 Å². The molecule has 27 heavy (non-hydrogen) atoms. The number of carbonyl (C=O) groups is 1. The molecule has 0 aromatic heterocycles. The van der Waals surface area contributed by atoms with Crippen molar-refractivity contribution in [1.82, 2.24) is 4.72 Å². The highest BCUT2D eigenvalue weighted by Gasteiger charge is 2.19. The van der Waals surface area contributed by atoms with Crippen LogP contribution in [0.25, 0.3) is 0 Å². The highest BCUT2D eigenvalue weighted by molar-refractivity contribution is 7.89. The number of sulfonamides is 1. The average molecular weight is 391 g/mol. The van der Waals surface area contributed by atoms with E-state index in [4.69, 9.17) is 4.74 Å². The fourth-order valence-electron chi connectivity index (χ4n) is 2.71. The fourth-order valence-corrected chi connectivity index (χ4v) is 3.79. The van der Waals surface area contributed by atoms with Crippen molar-refractivity contribution in [3.63, 3.8) is 0 Å². The van der Waals surface area contributed by atoms with E-state index in [0.717, 1.165) is 5.56 Å². The summed E-state index contributed by atoms with van der Waals surface area (Å²) in [6, 6.07) is 15.7. The third kappa shape index (κ3) is 6.16. The summed E-state index contributed by atoms with van der Waals surface area (Å²) >= 11 is 0. The Morgan fingerprint density at radius 3 is 2.33 bits per heavy atom. The molecular weight excluding hydrogens is 364 g/mol. The van der Waals surface area contributed by atoms with Gasteiger partial charge in [-0.3, -0.25) is 4.79 Å². The van der Waals surface area contributed by atoms with Crippen molar-refractivity contribution in [2.45, 2.75) is 30.6 Å². The molecule has 0 fully saturated rings. The van der Waals surface area contributed by atoms with Crippen LogP contribution < -0.4 is 10.0 Å². The molecule has 146 valence electrons. The van der Waals surface area contributed by atoms with Gasteiger partial charge in [0.15, 0.2) is 0 Å². The second-order valence-corrected chi connectivity index (χ2v) is 7.90. The van der Waals surface area contributed by atoms with Gasteiger partial charge in [-0.25, -0.2) is 13.1 Å². The second-order valence-electron chi connectivity index (χ2n) is 6.13. The maximum Gasteiger partial charge on any atom is 0.240 e. The minimum absolute atomic E-state index is 0.114. The molecule has 7 heteroatoms. The topological polar surface area (TPSA) is 84.5 Å². The molecule has 1 amide bonds. The van der Waals surface area contributed by atoms with Crippen LogP contribution in [0.1, 0.15) is 31.2 Å². The Hall–Kier alpha value is -2.22. The molecule has 0 heterocycles. The first-order valence-corrected chi connectivity index (χ1v) is 10.4. The lowest BCUT2D eigenvalue weighted by Gasteiger charge is -2.15. The molecule has 2 aromatic rings. The van der Waals surface area contributed by atoms with E-state index >= 15 is 0 Å². The van der Waals surface area contributed by atoms with E-state index in [-0.39, 0.29) is 16.7 Å². The summed E-state index contributed by atoms with van der Waals surface area (Å²) in [7, 11) is -2.00. The van der Waals surface area contributed by atoms with Gasteiger partial charge in [-0.1, -0.05) is 37.3 Å². The van der Waals surface area contributed by atoms with Crippen LogP contribution in [-0.4, -0.2) is 34.6 Å². The van der Waals surface area contributed by atoms with E-state index in [0.29, 0.717) is 31.7 Å². The molecule has 0 aliphatic carbocycles. The Morgan fingerprint density at radius 1 is 1.07 bits per heavy atom. The van der Waals surface area contributed by atoms with Crippen molar-refractivity contribution in [3.05, 3.63) is 60.2 Å². The Morgan fingerprint density at radius 2 is 1.74 bits per heavy atom. The molecule has 0 aliphatic rings. The molecule has 2 N–H and O–H groups in total. The highest BCUT2D eigenvalue weighted by Crippen LogP contribution is 2.22. The lowest BCUT2D eigenvalue weighted by Crippen LogP contribution is -2.25. The predicted octanol–water partition coefficient (Wildman–Crippen LogP) is 3.13. The summed E-state index contributed by atoms with van der Waals surface area (Å²) in [5, 5.41) is 2.86. The molecule has 0 radical (unpaired) electrons. The number of amides is 1. The number of nitrogens with one attached hydrogen (secondary N) is 2. The van der Waals surface area contributed by atoms with Crippen LogP contribution in [0.2, 0.25) is 0 Å². The van der Waals surface area contributed by atoms with Crippen LogP contribution in [0.5, 0.6) is 0 Å². The number of carbonyl (C=O) groups excluding carboxylic acids is 1. The molecule has 1 atom stereocenters. The lowest BCUT2D eigenvalue weighted by atomic mass is 9.95. The van der Waals surface area contributed by atoms with Crippen LogP contribution in [0.4, 0.5) is 5.69 Å². The van der Waals surface area contributed by atoms with Crippen LogP contribution in [-0.2, 0) is 19.6 Å². The number of anilines is 1. The molecule has 0 bridgehead atoms. The zero-order valence-corrected chi connectivity index (χ0v) is 16.5. The van der Waals surface area contributed by atoms with Crippen molar-refractivity contribution in [1.29, 1.82) is 0 Å². The molecule has 0 saturated heterocycles. The maximum absolute atomic E-state index is 12.6. The van der Waals surface area contributed by atoms with Crippen molar-refractivity contribution in [2.24, 2.45) is 0 Å². The number of benzene rings is 2. The zero-order chi connectivity index (χ0) is 19.7. The number of hydrogen-bond acceptors (Lipinski definition) is 4. The molecule has 1 unspecified atom stereocenters. The van der Waals surface area contributed by atoms with Gasteiger partial charge in [-0.2, -0.15) is 0 Å². The summed E-state index contributed by atoms with van der Waals surface area (Å²) in [5.41, 5.74) is 1.52. The Balaban J connectivity index is 2.01. The monoisotopic (exact) mass is 390 g/mol.